The molecule has 0 saturated carbocycles. The minimum atomic E-state index is -0.431. The average Bonchev–Trinajstić information content (AvgIpc) is 2.56. The molecular weight excluding hydrogens is 318 g/mol. The zero-order chi connectivity index (χ0) is 18.2. The highest BCUT2D eigenvalue weighted by Crippen LogP contribution is 2.16. The minimum Gasteiger partial charge on any atom is -0.377 e. The minimum absolute atomic E-state index is 0.0755. The molecule has 0 spiro atoms. The third-order valence-electron chi connectivity index (χ3n) is 4.33. The van der Waals surface area contributed by atoms with Crippen LogP contribution in [0.15, 0.2) is 24.3 Å². The molecule has 1 heterocycles. The van der Waals surface area contributed by atoms with E-state index in [4.69, 9.17) is 4.74 Å². The maximum atomic E-state index is 12.3. The summed E-state index contributed by atoms with van der Waals surface area (Å²) in [6.45, 7) is 8.95. The summed E-state index contributed by atoms with van der Waals surface area (Å²) < 4.78 is 5.41. The molecule has 1 fully saturated rings. The summed E-state index contributed by atoms with van der Waals surface area (Å²) in [5, 5.41) is 5.70. The van der Waals surface area contributed by atoms with Crippen molar-refractivity contribution in [3.05, 3.63) is 35.4 Å². The van der Waals surface area contributed by atoms with Gasteiger partial charge in [-0.15, -0.1) is 0 Å². The van der Waals surface area contributed by atoms with Crippen molar-refractivity contribution in [2.75, 3.05) is 26.2 Å². The van der Waals surface area contributed by atoms with E-state index in [1.165, 1.54) is 11.1 Å². The van der Waals surface area contributed by atoms with Crippen molar-refractivity contribution >= 4 is 11.8 Å². The van der Waals surface area contributed by atoms with E-state index >= 15 is 0 Å². The van der Waals surface area contributed by atoms with Crippen LogP contribution < -0.4 is 10.6 Å². The first-order chi connectivity index (χ1) is 12.0. The molecule has 0 aliphatic carbocycles. The topological polar surface area (TPSA) is 70.7 Å². The smallest absolute Gasteiger partial charge is 0.237 e. The van der Waals surface area contributed by atoms with Gasteiger partial charge in [0.1, 0.15) is 0 Å². The molecule has 1 aliphatic heterocycles. The molecule has 1 atom stereocenters. The molecule has 1 aliphatic rings. The van der Waals surface area contributed by atoms with E-state index in [1.54, 1.807) is 0 Å². The molecule has 138 valence electrons. The quantitative estimate of drug-likeness (QED) is 0.694. The molecule has 1 saturated heterocycles. The maximum Gasteiger partial charge on any atom is 0.237 e. The van der Waals surface area contributed by atoms with E-state index in [0.717, 1.165) is 6.54 Å². The van der Waals surface area contributed by atoms with Gasteiger partial charge in [-0.1, -0.05) is 24.3 Å². The van der Waals surface area contributed by atoms with Crippen LogP contribution in [0.5, 0.6) is 0 Å². The largest absolute Gasteiger partial charge is 0.377 e. The number of rotatable bonds is 8. The molecule has 0 radical (unpaired) electrons. The number of amides is 2. The van der Waals surface area contributed by atoms with Crippen molar-refractivity contribution in [2.24, 2.45) is 0 Å². The highest BCUT2D eigenvalue weighted by Gasteiger charge is 2.31. The summed E-state index contributed by atoms with van der Waals surface area (Å²) in [6.07, 6.45) is 0.310. The van der Waals surface area contributed by atoms with Crippen LogP contribution >= 0.6 is 0 Å². The first-order valence-corrected chi connectivity index (χ1v) is 8.92. The molecule has 6 nitrogen and oxygen atoms in total. The van der Waals surface area contributed by atoms with Crippen molar-refractivity contribution in [3.63, 3.8) is 0 Å². The molecule has 0 bridgehead atoms. The number of hydrogen-bond acceptors (Lipinski definition) is 4. The molecule has 6 heteroatoms. The Morgan fingerprint density at radius 1 is 1.40 bits per heavy atom. The Morgan fingerprint density at radius 2 is 2.16 bits per heavy atom. The highest BCUT2D eigenvalue weighted by atomic mass is 16.5. The number of aryl methyl sites for hydroxylation is 1. The number of piperazine rings is 1. The Morgan fingerprint density at radius 3 is 2.88 bits per heavy atom. The fourth-order valence-corrected chi connectivity index (χ4v) is 2.91. The fourth-order valence-electron chi connectivity index (χ4n) is 2.91. The normalized spacial score (nSPS) is 18.2. The van der Waals surface area contributed by atoms with Crippen LogP contribution in [-0.4, -0.2) is 55.1 Å². The molecule has 2 rings (SSSR count). The Labute approximate surface area is 149 Å². The second-order valence-corrected chi connectivity index (χ2v) is 6.68. The van der Waals surface area contributed by atoms with Crippen molar-refractivity contribution < 1.29 is 14.3 Å². The van der Waals surface area contributed by atoms with Crippen LogP contribution in [0, 0.1) is 6.92 Å². The summed E-state index contributed by atoms with van der Waals surface area (Å²) in [5.74, 6) is -0.197. The van der Waals surface area contributed by atoms with Crippen molar-refractivity contribution in [1.29, 1.82) is 0 Å². The van der Waals surface area contributed by atoms with Crippen molar-refractivity contribution in [1.82, 2.24) is 15.5 Å². The molecule has 25 heavy (non-hydrogen) atoms. The van der Waals surface area contributed by atoms with Gasteiger partial charge in [-0.3, -0.25) is 14.5 Å². The van der Waals surface area contributed by atoms with E-state index in [9.17, 15) is 9.59 Å². The molecule has 1 aromatic carbocycles. The second kappa shape index (κ2) is 9.53. The third kappa shape index (κ3) is 6.14. The third-order valence-corrected chi connectivity index (χ3v) is 4.33. The van der Waals surface area contributed by atoms with Gasteiger partial charge in [-0.05, 0) is 31.9 Å². The lowest BCUT2D eigenvalue weighted by Crippen LogP contribution is -2.56. The van der Waals surface area contributed by atoms with Crippen LogP contribution in [0.3, 0.4) is 0 Å². The number of carbonyl (C=O) groups is 2. The van der Waals surface area contributed by atoms with Crippen LogP contribution in [0.1, 0.15) is 31.4 Å². The Hall–Kier alpha value is -1.92. The molecule has 1 unspecified atom stereocenters. The molecule has 1 aromatic rings. The van der Waals surface area contributed by atoms with Crippen molar-refractivity contribution in [3.8, 4) is 0 Å². The van der Waals surface area contributed by atoms with Gasteiger partial charge >= 0.3 is 0 Å². The van der Waals surface area contributed by atoms with Gasteiger partial charge in [0.05, 0.1) is 25.2 Å². The number of nitrogens with zero attached hydrogens (tertiary/aromatic N) is 1. The predicted molar refractivity (Wildman–Crippen MR) is 97.1 cm³/mol. The van der Waals surface area contributed by atoms with Crippen LogP contribution in [0.25, 0.3) is 0 Å². The molecule has 2 N–H and O–H groups in total. The average molecular weight is 347 g/mol. The van der Waals surface area contributed by atoms with Gasteiger partial charge in [0, 0.05) is 26.2 Å². The van der Waals surface area contributed by atoms with E-state index in [-0.39, 0.29) is 24.3 Å². The molecular formula is C19H29N3O3. The SMILES string of the molecule is Cc1ccccc1CN1CCNC(=O)C1CC(=O)NCCOC(C)C. The lowest BCUT2D eigenvalue weighted by atomic mass is 10.0. The van der Waals surface area contributed by atoms with Gasteiger partial charge in [-0.2, -0.15) is 0 Å². The van der Waals surface area contributed by atoms with Gasteiger partial charge in [-0.25, -0.2) is 0 Å². The van der Waals surface area contributed by atoms with Crippen LogP contribution in [0.4, 0.5) is 0 Å². The lowest BCUT2D eigenvalue weighted by molar-refractivity contribution is -0.134. The summed E-state index contributed by atoms with van der Waals surface area (Å²) in [5.41, 5.74) is 2.38. The number of hydrogen-bond donors (Lipinski definition) is 2. The van der Waals surface area contributed by atoms with Gasteiger partial charge < -0.3 is 15.4 Å². The maximum absolute atomic E-state index is 12.3. The molecule has 2 amide bonds. The second-order valence-electron chi connectivity index (χ2n) is 6.68. The molecule has 0 aromatic heterocycles. The van der Waals surface area contributed by atoms with E-state index in [2.05, 4.69) is 34.6 Å². The highest BCUT2D eigenvalue weighted by molar-refractivity contribution is 5.88. The van der Waals surface area contributed by atoms with Crippen LogP contribution in [-0.2, 0) is 20.9 Å². The lowest BCUT2D eigenvalue weighted by Gasteiger charge is -2.35. The Kier molecular flexibility index (Phi) is 7.40. The zero-order valence-electron chi connectivity index (χ0n) is 15.4. The van der Waals surface area contributed by atoms with Gasteiger partial charge in [0.2, 0.25) is 11.8 Å². The van der Waals surface area contributed by atoms with Gasteiger partial charge in [0.15, 0.2) is 0 Å². The summed E-state index contributed by atoms with van der Waals surface area (Å²) in [4.78, 5) is 26.6. The number of nitrogens with one attached hydrogen (secondary N) is 2. The van der Waals surface area contributed by atoms with Gasteiger partial charge in [0.25, 0.3) is 0 Å². The summed E-state index contributed by atoms with van der Waals surface area (Å²) in [6, 6.07) is 7.71. The van der Waals surface area contributed by atoms with E-state index in [1.807, 2.05) is 26.0 Å². The number of benzene rings is 1. The summed E-state index contributed by atoms with van der Waals surface area (Å²) in [7, 11) is 0. The fraction of sp³-hybridized carbons (Fsp3) is 0.579. The van der Waals surface area contributed by atoms with E-state index in [0.29, 0.717) is 26.2 Å². The number of carbonyl (C=O) groups excluding carboxylic acids is 2. The predicted octanol–water partition coefficient (Wildman–Crippen LogP) is 1.23. The standard InChI is InChI=1S/C19H29N3O3/c1-14(2)25-11-9-20-18(23)12-17-19(24)21-8-10-22(17)13-16-7-5-4-6-15(16)3/h4-7,14,17H,8-13H2,1-3H3,(H,20,23)(H,21,24). The summed E-state index contributed by atoms with van der Waals surface area (Å²) >= 11 is 0. The first kappa shape index (κ1) is 19.4. The first-order valence-electron chi connectivity index (χ1n) is 8.92. The monoisotopic (exact) mass is 347 g/mol. The Balaban J connectivity index is 1.91. The van der Waals surface area contributed by atoms with E-state index < -0.39 is 6.04 Å². The number of ether oxygens (including phenoxy) is 1. The zero-order valence-corrected chi connectivity index (χ0v) is 15.4. The van der Waals surface area contributed by atoms with Crippen molar-refractivity contribution in [2.45, 2.75) is 45.9 Å². The Bertz CT molecular complexity index is 589. The van der Waals surface area contributed by atoms with Crippen LogP contribution in [0.2, 0.25) is 0 Å².